The van der Waals surface area contributed by atoms with Crippen LogP contribution in [0.5, 0.6) is 5.75 Å². The first-order valence-corrected chi connectivity index (χ1v) is 6.62. The number of benzene rings is 1. The Morgan fingerprint density at radius 3 is 2.58 bits per heavy atom. The fourth-order valence-electron chi connectivity index (χ4n) is 3.03. The molecule has 102 valence electrons. The van der Waals surface area contributed by atoms with Crippen LogP contribution in [-0.2, 0) is 4.89 Å². The Labute approximate surface area is 111 Å². The standard InChI is InChI=1S/C14H16FNO3/c15-12-6-1-2-7-13(12)18-19-14(17)16-8-10-4-3-5-11(10)9-16/h1-2,6-7,10-11H,3-5,8-9H2. The van der Waals surface area contributed by atoms with Crippen LogP contribution in [0.2, 0.25) is 0 Å². The van der Waals surface area contributed by atoms with Gasteiger partial charge in [-0.05, 0) is 36.8 Å². The molecule has 3 rings (SSSR count). The molecule has 1 saturated heterocycles. The lowest BCUT2D eigenvalue weighted by molar-refractivity contribution is -0.155. The summed E-state index contributed by atoms with van der Waals surface area (Å²) < 4.78 is 13.3. The number of fused-ring (bicyclic) bond motifs is 1. The van der Waals surface area contributed by atoms with Gasteiger partial charge in [-0.2, -0.15) is 0 Å². The lowest BCUT2D eigenvalue weighted by Crippen LogP contribution is -2.31. The van der Waals surface area contributed by atoms with Gasteiger partial charge < -0.3 is 4.90 Å². The van der Waals surface area contributed by atoms with Crippen molar-refractivity contribution < 1.29 is 19.0 Å². The summed E-state index contributed by atoms with van der Waals surface area (Å²) in [6.07, 6.45) is 3.09. The first-order valence-electron chi connectivity index (χ1n) is 6.62. The van der Waals surface area contributed by atoms with Gasteiger partial charge in [0.2, 0.25) is 5.75 Å². The van der Waals surface area contributed by atoms with E-state index in [1.165, 1.54) is 31.4 Å². The number of nitrogens with zero attached hydrogens (tertiary/aromatic N) is 1. The average Bonchev–Trinajstić information content (AvgIpc) is 2.98. The summed E-state index contributed by atoms with van der Waals surface area (Å²) in [5.41, 5.74) is 0. The van der Waals surface area contributed by atoms with Crippen molar-refractivity contribution in [1.29, 1.82) is 0 Å². The molecule has 4 nitrogen and oxygen atoms in total. The molecule has 2 atom stereocenters. The summed E-state index contributed by atoms with van der Waals surface area (Å²) >= 11 is 0. The lowest BCUT2D eigenvalue weighted by Gasteiger charge is -2.15. The van der Waals surface area contributed by atoms with Gasteiger partial charge in [-0.25, -0.2) is 14.1 Å². The van der Waals surface area contributed by atoms with Gasteiger partial charge >= 0.3 is 6.09 Å². The number of likely N-dealkylation sites (tertiary alicyclic amines) is 1. The van der Waals surface area contributed by atoms with E-state index in [0.29, 0.717) is 11.8 Å². The van der Waals surface area contributed by atoms with Gasteiger partial charge in [0.05, 0.1) is 0 Å². The topological polar surface area (TPSA) is 38.8 Å². The minimum Gasteiger partial charge on any atom is -0.305 e. The zero-order valence-corrected chi connectivity index (χ0v) is 10.5. The molecular weight excluding hydrogens is 249 g/mol. The molecule has 0 bridgehead atoms. The fourth-order valence-corrected chi connectivity index (χ4v) is 3.03. The molecule has 19 heavy (non-hydrogen) atoms. The van der Waals surface area contributed by atoms with Crippen LogP contribution in [-0.4, -0.2) is 24.1 Å². The number of carbonyl (C=O) groups excluding carboxylic acids is 1. The highest BCUT2D eigenvalue weighted by atomic mass is 19.1. The molecule has 2 unspecified atom stereocenters. The number of amides is 1. The zero-order valence-electron chi connectivity index (χ0n) is 10.5. The van der Waals surface area contributed by atoms with Crippen LogP contribution in [0.15, 0.2) is 24.3 Å². The summed E-state index contributed by atoms with van der Waals surface area (Å²) in [5, 5.41) is 0. The quantitative estimate of drug-likeness (QED) is 0.609. The monoisotopic (exact) mass is 265 g/mol. The van der Waals surface area contributed by atoms with Gasteiger partial charge in [0.15, 0.2) is 5.82 Å². The molecular formula is C14H16FNO3. The molecule has 0 spiro atoms. The zero-order chi connectivity index (χ0) is 13.2. The summed E-state index contributed by atoms with van der Waals surface area (Å²) in [6.45, 7) is 1.45. The van der Waals surface area contributed by atoms with Crippen LogP contribution < -0.4 is 4.89 Å². The van der Waals surface area contributed by atoms with Gasteiger partial charge in [-0.3, -0.25) is 4.89 Å². The van der Waals surface area contributed by atoms with Crippen molar-refractivity contribution >= 4 is 6.09 Å². The molecule has 1 heterocycles. The molecule has 1 saturated carbocycles. The second-order valence-corrected chi connectivity index (χ2v) is 5.22. The summed E-state index contributed by atoms with van der Waals surface area (Å²) in [6, 6.07) is 5.84. The third-order valence-corrected chi connectivity index (χ3v) is 4.02. The molecule has 0 N–H and O–H groups in total. The third kappa shape index (κ3) is 2.50. The third-order valence-electron chi connectivity index (χ3n) is 4.02. The van der Waals surface area contributed by atoms with Crippen molar-refractivity contribution in [2.75, 3.05) is 13.1 Å². The van der Waals surface area contributed by atoms with Crippen LogP contribution >= 0.6 is 0 Å². The van der Waals surface area contributed by atoms with E-state index in [1.807, 2.05) is 0 Å². The highest BCUT2D eigenvalue weighted by molar-refractivity contribution is 5.67. The number of halogens is 1. The molecule has 1 aromatic rings. The maximum atomic E-state index is 13.3. The van der Waals surface area contributed by atoms with Crippen molar-refractivity contribution in [3.05, 3.63) is 30.1 Å². The van der Waals surface area contributed by atoms with E-state index >= 15 is 0 Å². The van der Waals surface area contributed by atoms with Gasteiger partial charge in [0.1, 0.15) is 0 Å². The molecule has 0 aromatic heterocycles. The number of carbonyl (C=O) groups is 1. The van der Waals surface area contributed by atoms with Crippen molar-refractivity contribution in [3.63, 3.8) is 0 Å². The summed E-state index contributed by atoms with van der Waals surface area (Å²) in [4.78, 5) is 22.9. The van der Waals surface area contributed by atoms with Crippen LogP contribution in [0.3, 0.4) is 0 Å². The van der Waals surface area contributed by atoms with E-state index in [0.717, 1.165) is 13.1 Å². The summed E-state index contributed by atoms with van der Waals surface area (Å²) in [7, 11) is 0. The van der Waals surface area contributed by atoms with Crippen molar-refractivity contribution in [2.45, 2.75) is 19.3 Å². The van der Waals surface area contributed by atoms with E-state index in [-0.39, 0.29) is 5.75 Å². The molecule has 1 aliphatic heterocycles. The molecule has 5 heteroatoms. The predicted molar refractivity (Wildman–Crippen MR) is 65.9 cm³/mol. The van der Waals surface area contributed by atoms with E-state index in [9.17, 15) is 9.18 Å². The Hall–Kier alpha value is -1.78. The minimum atomic E-state index is -0.548. The van der Waals surface area contributed by atoms with Crippen LogP contribution in [0.1, 0.15) is 19.3 Å². The highest BCUT2D eigenvalue weighted by Crippen LogP contribution is 2.37. The number of hydrogen-bond donors (Lipinski definition) is 0. The Kier molecular flexibility index (Phi) is 3.27. The molecule has 1 aromatic carbocycles. The normalized spacial score (nSPS) is 25.2. The smallest absolute Gasteiger partial charge is 0.305 e. The molecule has 2 aliphatic rings. The van der Waals surface area contributed by atoms with Gasteiger partial charge in [-0.1, -0.05) is 18.6 Å². The number of para-hydroxylation sites is 1. The molecule has 2 fully saturated rings. The SMILES string of the molecule is O=C(OOc1ccccc1F)N1CC2CCCC2C1. The molecule has 1 amide bonds. The van der Waals surface area contributed by atoms with Crippen LogP contribution in [0.4, 0.5) is 9.18 Å². The van der Waals surface area contributed by atoms with Crippen molar-refractivity contribution in [3.8, 4) is 5.75 Å². The maximum absolute atomic E-state index is 13.3. The van der Waals surface area contributed by atoms with Crippen LogP contribution in [0, 0.1) is 17.7 Å². The van der Waals surface area contributed by atoms with Gasteiger partial charge in [0.25, 0.3) is 0 Å². The molecule has 0 radical (unpaired) electrons. The highest BCUT2D eigenvalue weighted by Gasteiger charge is 2.39. The Balaban J connectivity index is 1.54. The number of hydrogen-bond acceptors (Lipinski definition) is 3. The van der Waals surface area contributed by atoms with E-state index in [4.69, 9.17) is 9.78 Å². The van der Waals surface area contributed by atoms with Crippen molar-refractivity contribution in [2.24, 2.45) is 11.8 Å². The average molecular weight is 265 g/mol. The molecule has 1 aliphatic carbocycles. The van der Waals surface area contributed by atoms with Gasteiger partial charge in [0, 0.05) is 13.1 Å². The minimum absolute atomic E-state index is 0.0739. The van der Waals surface area contributed by atoms with Crippen molar-refractivity contribution in [1.82, 2.24) is 4.90 Å². The Morgan fingerprint density at radius 1 is 1.21 bits per heavy atom. The Morgan fingerprint density at radius 2 is 1.89 bits per heavy atom. The predicted octanol–water partition coefficient (Wildman–Crippen LogP) is 2.99. The summed E-state index contributed by atoms with van der Waals surface area (Å²) in [5.74, 6) is 0.575. The lowest BCUT2D eigenvalue weighted by atomic mass is 10.0. The van der Waals surface area contributed by atoms with E-state index in [2.05, 4.69) is 0 Å². The van der Waals surface area contributed by atoms with E-state index in [1.54, 1.807) is 17.0 Å². The van der Waals surface area contributed by atoms with Gasteiger partial charge in [-0.15, -0.1) is 0 Å². The fraction of sp³-hybridized carbons (Fsp3) is 0.500. The second kappa shape index (κ2) is 5.07. The van der Waals surface area contributed by atoms with Crippen LogP contribution in [0.25, 0.3) is 0 Å². The first-order chi connectivity index (χ1) is 9.24. The second-order valence-electron chi connectivity index (χ2n) is 5.22. The Bertz CT molecular complexity index is 468. The number of rotatable bonds is 2. The largest absolute Gasteiger partial charge is 0.452 e. The maximum Gasteiger partial charge on any atom is 0.452 e. The first kappa shape index (κ1) is 12.3. The van der Waals surface area contributed by atoms with E-state index < -0.39 is 11.9 Å².